The Hall–Kier alpha value is -3.96. The lowest BCUT2D eigenvalue weighted by atomic mass is 9.93. The molecule has 0 atom stereocenters. The number of carbonyl (C=O) groups is 1. The molecule has 0 bridgehead atoms. The largest absolute Gasteiger partial charge is 0.411 e. The molecule has 0 aliphatic carbocycles. The highest BCUT2D eigenvalue weighted by atomic mass is 16.6. The van der Waals surface area contributed by atoms with Crippen molar-refractivity contribution in [2.24, 2.45) is 5.90 Å². The molecule has 0 radical (unpaired) electrons. The van der Waals surface area contributed by atoms with Gasteiger partial charge in [0.15, 0.2) is 11.5 Å². The first kappa shape index (κ1) is 19.4. The summed E-state index contributed by atoms with van der Waals surface area (Å²) >= 11 is 0. The topological polar surface area (TPSA) is 85.2 Å². The molecule has 3 N–H and O–H groups in total. The number of allylic oxidation sites excluding steroid dienone is 1. The van der Waals surface area contributed by atoms with E-state index < -0.39 is 11.3 Å². The second-order valence-electron chi connectivity index (χ2n) is 6.97. The maximum atomic E-state index is 13.2. The summed E-state index contributed by atoms with van der Waals surface area (Å²) in [6, 6.07) is 22.3. The van der Waals surface area contributed by atoms with Crippen molar-refractivity contribution in [2.75, 3.05) is 0 Å². The van der Waals surface area contributed by atoms with Gasteiger partial charge in [-0.05, 0) is 42.8 Å². The molecule has 0 unspecified atom stereocenters. The van der Waals surface area contributed by atoms with Crippen LogP contribution >= 0.6 is 0 Å². The molecule has 1 aromatic heterocycles. The number of para-hydroxylation sites is 1. The SMILES string of the molecule is Cc1ccc2[nH]c(=O)c(C(=O)/C=C/c3ccccc3ON)c(-c3ccccc3)c2c1. The molecular formula is C25H20N2O3. The van der Waals surface area contributed by atoms with Crippen LogP contribution in [-0.4, -0.2) is 10.8 Å². The Morgan fingerprint density at radius 2 is 1.73 bits per heavy atom. The molecule has 4 rings (SSSR count). The van der Waals surface area contributed by atoms with Crippen molar-refractivity contribution in [3.63, 3.8) is 0 Å². The van der Waals surface area contributed by atoms with Crippen molar-refractivity contribution >= 4 is 22.8 Å². The predicted octanol–water partition coefficient (Wildman–Crippen LogP) is 4.65. The number of aromatic nitrogens is 1. The lowest BCUT2D eigenvalue weighted by Gasteiger charge is -2.12. The number of hydrogen-bond acceptors (Lipinski definition) is 4. The molecule has 148 valence electrons. The van der Waals surface area contributed by atoms with E-state index in [2.05, 4.69) is 4.98 Å². The number of hydrogen-bond donors (Lipinski definition) is 2. The first-order chi connectivity index (χ1) is 14.6. The number of pyridine rings is 1. The lowest BCUT2D eigenvalue weighted by molar-refractivity contribution is 0.104. The second-order valence-corrected chi connectivity index (χ2v) is 6.97. The van der Waals surface area contributed by atoms with E-state index in [1.807, 2.05) is 61.5 Å². The number of ketones is 1. The van der Waals surface area contributed by atoms with Gasteiger partial charge in [-0.25, -0.2) is 0 Å². The summed E-state index contributed by atoms with van der Waals surface area (Å²) in [5.74, 6) is 5.33. The highest BCUT2D eigenvalue weighted by Gasteiger charge is 2.19. The van der Waals surface area contributed by atoms with Gasteiger partial charge in [0, 0.05) is 22.0 Å². The first-order valence-electron chi connectivity index (χ1n) is 9.48. The van der Waals surface area contributed by atoms with Crippen LogP contribution in [0.15, 0.2) is 83.7 Å². The van der Waals surface area contributed by atoms with E-state index in [0.29, 0.717) is 22.4 Å². The van der Waals surface area contributed by atoms with E-state index in [4.69, 9.17) is 10.7 Å². The molecule has 4 aromatic rings. The average Bonchev–Trinajstić information content (AvgIpc) is 2.77. The van der Waals surface area contributed by atoms with Crippen molar-refractivity contribution in [3.8, 4) is 16.9 Å². The van der Waals surface area contributed by atoms with Crippen LogP contribution in [0.25, 0.3) is 28.1 Å². The Kier molecular flexibility index (Phi) is 5.28. The van der Waals surface area contributed by atoms with E-state index in [-0.39, 0.29) is 5.56 Å². The number of benzene rings is 3. The van der Waals surface area contributed by atoms with Crippen LogP contribution in [-0.2, 0) is 0 Å². The fourth-order valence-corrected chi connectivity index (χ4v) is 3.52. The van der Waals surface area contributed by atoms with Gasteiger partial charge in [0.2, 0.25) is 0 Å². The van der Waals surface area contributed by atoms with Gasteiger partial charge in [-0.2, -0.15) is 5.90 Å². The number of nitrogens with one attached hydrogen (secondary N) is 1. The van der Waals surface area contributed by atoms with E-state index in [9.17, 15) is 9.59 Å². The van der Waals surface area contributed by atoms with Crippen LogP contribution < -0.4 is 16.3 Å². The number of nitrogens with two attached hydrogens (primary N) is 1. The molecule has 0 amide bonds. The van der Waals surface area contributed by atoms with Gasteiger partial charge in [0.1, 0.15) is 0 Å². The highest BCUT2D eigenvalue weighted by molar-refractivity contribution is 6.15. The summed E-state index contributed by atoms with van der Waals surface area (Å²) in [5, 5.41) is 0.822. The van der Waals surface area contributed by atoms with Crippen molar-refractivity contribution in [2.45, 2.75) is 6.92 Å². The standard InChI is InChI=1S/C25H20N2O3/c1-16-11-13-20-19(15-16)23(18-8-3-2-4-9-18)24(25(29)27-20)21(28)14-12-17-7-5-6-10-22(17)30-26/h2-15H,26H2,1H3,(H,27,29)/b14-12+. The maximum Gasteiger partial charge on any atom is 0.260 e. The molecule has 0 fully saturated rings. The number of fused-ring (bicyclic) bond motifs is 1. The molecule has 1 heterocycles. The van der Waals surface area contributed by atoms with Crippen molar-refractivity contribution in [1.29, 1.82) is 0 Å². The monoisotopic (exact) mass is 396 g/mol. The highest BCUT2D eigenvalue weighted by Crippen LogP contribution is 2.30. The van der Waals surface area contributed by atoms with Crippen LogP contribution in [0, 0.1) is 6.92 Å². The van der Waals surface area contributed by atoms with Crippen molar-refractivity contribution in [1.82, 2.24) is 4.98 Å². The van der Waals surface area contributed by atoms with Gasteiger partial charge in [-0.15, -0.1) is 0 Å². The fraction of sp³-hybridized carbons (Fsp3) is 0.0400. The molecule has 0 aliphatic heterocycles. The first-order valence-corrected chi connectivity index (χ1v) is 9.48. The van der Waals surface area contributed by atoms with Crippen LogP contribution in [0.4, 0.5) is 0 Å². The molecule has 0 spiro atoms. The molecule has 5 nitrogen and oxygen atoms in total. The zero-order valence-corrected chi connectivity index (χ0v) is 16.4. The second kappa shape index (κ2) is 8.19. The van der Waals surface area contributed by atoms with E-state index >= 15 is 0 Å². The lowest BCUT2D eigenvalue weighted by Crippen LogP contribution is -2.18. The van der Waals surface area contributed by atoms with Gasteiger partial charge in [0.25, 0.3) is 5.56 Å². The zero-order chi connectivity index (χ0) is 21.1. The van der Waals surface area contributed by atoms with E-state index in [1.54, 1.807) is 24.3 Å². The zero-order valence-electron chi connectivity index (χ0n) is 16.4. The third-order valence-corrected chi connectivity index (χ3v) is 4.94. The van der Waals surface area contributed by atoms with Crippen LogP contribution in [0.5, 0.6) is 5.75 Å². The molecular weight excluding hydrogens is 376 g/mol. The Balaban J connectivity index is 1.92. The summed E-state index contributed by atoms with van der Waals surface area (Å²) in [4.78, 5) is 33.8. The van der Waals surface area contributed by atoms with Crippen LogP contribution in [0.1, 0.15) is 21.5 Å². The number of aryl methyl sites for hydroxylation is 1. The van der Waals surface area contributed by atoms with Gasteiger partial charge >= 0.3 is 0 Å². The Morgan fingerprint density at radius 1 is 1.00 bits per heavy atom. The number of aromatic amines is 1. The molecule has 30 heavy (non-hydrogen) atoms. The minimum Gasteiger partial charge on any atom is -0.411 e. The number of rotatable bonds is 5. The molecule has 3 aromatic carbocycles. The minimum atomic E-state index is -0.428. The van der Waals surface area contributed by atoms with Crippen molar-refractivity contribution in [3.05, 3.63) is 106 Å². The molecule has 0 saturated carbocycles. The number of H-pyrrole nitrogens is 1. The van der Waals surface area contributed by atoms with Gasteiger partial charge in [-0.1, -0.05) is 60.2 Å². The predicted molar refractivity (Wildman–Crippen MR) is 119 cm³/mol. The van der Waals surface area contributed by atoms with E-state index in [0.717, 1.165) is 16.5 Å². The summed E-state index contributed by atoms with van der Waals surface area (Å²) in [5.41, 5.74) is 3.46. The summed E-state index contributed by atoms with van der Waals surface area (Å²) in [6.45, 7) is 1.98. The Bertz CT molecular complexity index is 1320. The smallest absolute Gasteiger partial charge is 0.260 e. The summed E-state index contributed by atoms with van der Waals surface area (Å²) in [7, 11) is 0. The maximum absolute atomic E-state index is 13.2. The average molecular weight is 396 g/mol. The Labute approximate surface area is 173 Å². The fourth-order valence-electron chi connectivity index (χ4n) is 3.52. The molecule has 0 aliphatic rings. The summed E-state index contributed by atoms with van der Waals surface area (Å²) in [6.07, 6.45) is 2.97. The quantitative estimate of drug-likeness (QED) is 0.292. The normalized spacial score (nSPS) is 11.1. The number of carbonyl (C=O) groups excluding carboxylic acids is 1. The van der Waals surface area contributed by atoms with Crippen LogP contribution in [0.2, 0.25) is 0 Å². The third-order valence-electron chi connectivity index (χ3n) is 4.94. The van der Waals surface area contributed by atoms with Gasteiger partial charge in [0.05, 0.1) is 5.56 Å². The third kappa shape index (κ3) is 3.66. The Morgan fingerprint density at radius 3 is 2.50 bits per heavy atom. The molecule has 5 heteroatoms. The summed E-state index contributed by atoms with van der Waals surface area (Å²) < 4.78 is 0. The van der Waals surface area contributed by atoms with Crippen molar-refractivity contribution < 1.29 is 9.63 Å². The van der Waals surface area contributed by atoms with E-state index in [1.165, 1.54) is 6.08 Å². The van der Waals surface area contributed by atoms with Gasteiger partial charge < -0.3 is 9.82 Å². The minimum absolute atomic E-state index is 0.0988. The van der Waals surface area contributed by atoms with Crippen LogP contribution in [0.3, 0.4) is 0 Å². The van der Waals surface area contributed by atoms with Gasteiger partial charge in [-0.3, -0.25) is 9.59 Å². The molecule has 0 saturated heterocycles.